The molecule has 6 rings (SSSR count). The monoisotopic (exact) mass is 608 g/mol. The summed E-state index contributed by atoms with van der Waals surface area (Å²) in [4.78, 5) is 37.4. The lowest BCUT2D eigenvalue weighted by Gasteiger charge is -2.19. The van der Waals surface area contributed by atoms with Gasteiger partial charge in [0.15, 0.2) is 0 Å². The molecule has 0 bridgehead atoms. The van der Waals surface area contributed by atoms with E-state index in [-0.39, 0.29) is 22.0 Å². The average Bonchev–Trinajstić information content (AvgIpc) is 3.03. The van der Waals surface area contributed by atoms with Crippen LogP contribution in [-0.2, 0) is 10.8 Å². The quantitative estimate of drug-likeness (QED) is 0.143. The molecule has 0 amide bonds. The molecule has 0 spiro atoms. The highest BCUT2D eigenvalue weighted by Gasteiger charge is 2.26. The van der Waals surface area contributed by atoms with Gasteiger partial charge < -0.3 is 9.47 Å². The third-order valence-electron chi connectivity index (χ3n) is 8.11. The second-order valence-electron chi connectivity index (χ2n) is 13.5. The van der Waals surface area contributed by atoms with Gasteiger partial charge in [0, 0.05) is 34.3 Å². The van der Waals surface area contributed by atoms with Gasteiger partial charge in [-0.1, -0.05) is 102 Å². The van der Waals surface area contributed by atoms with E-state index in [1.807, 2.05) is 72.8 Å². The van der Waals surface area contributed by atoms with Gasteiger partial charge in [0.2, 0.25) is 0 Å². The summed E-state index contributed by atoms with van der Waals surface area (Å²) in [5.41, 5.74) is 4.82. The van der Waals surface area contributed by atoms with Crippen LogP contribution in [0.2, 0.25) is 0 Å². The molecule has 6 heteroatoms. The minimum absolute atomic E-state index is 0.0419. The maximum atomic E-state index is 14.1. The number of esters is 2. The molecule has 0 saturated heterocycles. The van der Waals surface area contributed by atoms with Crippen LogP contribution in [0, 0.1) is 0 Å². The highest BCUT2D eigenvalue weighted by atomic mass is 16.5. The van der Waals surface area contributed by atoms with Gasteiger partial charge >= 0.3 is 11.9 Å². The topological polar surface area (TPSA) is 78.4 Å². The summed E-state index contributed by atoms with van der Waals surface area (Å²) in [6.07, 6.45) is 3.20. The molecule has 0 aliphatic rings. The summed E-state index contributed by atoms with van der Waals surface area (Å²) in [5.74, 6) is -0.302. The van der Waals surface area contributed by atoms with Crippen LogP contribution in [0.3, 0.4) is 0 Å². The molecule has 0 saturated carbocycles. The lowest BCUT2D eigenvalue weighted by atomic mass is 9.87. The highest BCUT2D eigenvalue weighted by molar-refractivity contribution is 6.15. The summed E-state index contributed by atoms with van der Waals surface area (Å²) in [6, 6.07) is 29.8. The molecule has 0 aliphatic carbocycles. The van der Waals surface area contributed by atoms with E-state index in [9.17, 15) is 9.59 Å². The summed E-state index contributed by atoms with van der Waals surface area (Å²) in [5, 5.41) is 1.20. The fraction of sp³-hybridized carbons (Fsp3) is 0.200. The van der Waals surface area contributed by atoms with Gasteiger partial charge in [-0.05, 0) is 58.4 Å². The summed E-state index contributed by atoms with van der Waals surface area (Å²) < 4.78 is 11.9. The average molecular weight is 609 g/mol. The Hall–Kier alpha value is -5.36. The Balaban J connectivity index is 1.47. The number of carbonyl (C=O) groups excluding carboxylic acids is 2. The Labute approximate surface area is 269 Å². The van der Waals surface area contributed by atoms with Crippen molar-refractivity contribution in [3.05, 3.63) is 132 Å². The number of nitrogens with zero attached hydrogens (tertiary/aromatic N) is 2. The predicted molar refractivity (Wildman–Crippen MR) is 183 cm³/mol. The van der Waals surface area contributed by atoms with Crippen molar-refractivity contribution in [2.75, 3.05) is 0 Å². The molecule has 2 aromatic heterocycles. The normalized spacial score (nSPS) is 11.9. The first-order valence-corrected chi connectivity index (χ1v) is 15.3. The van der Waals surface area contributed by atoms with Crippen LogP contribution >= 0.6 is 0 Å². The van der Waals surface area contributed by atoms with Crippen LogP contribution in [0.5, 0.6) is 11.5 Å². The molecule has 2 heterocycles. The first-order valence-electron chi connectivity index (χ1n) is 15.3. The molecule has 4 aromatic carbocycles. The van der Waals surface area contributed by atoms with E-state index in [0.717, 1.165) is 11.1 Å². The van der Waals surface area contributed by atoms with E-state index in [4.69, 9.17) is 9.47 Å². The molecule has 6 nitrogen and oxygen atoms in total. The van der Waals surface area contributed by atoms with Crippen molar-refractivity contribution < 1.29 is 19.1 Å². The molecular weight excluding hydrogens is 572 g/mol. The van der Waals surface area contributed by atoms with E-state index < -0.39 is 11.9 Å². The smallest absolute Gasteiger partial charge is 0.344 e. The fourth-order valence-corrected chi connectivity index (χ4v) is 5.49. The molecule has 0 radical (unpaired) electrons. The van der Waals surface area contributed by atoms with Crippen molar-refractivity contribution >= 4 is 33.7 Å². The Morgan fingerprint density at radius 3 is 1.20 bits per heavy atom. The van der Waals surface area contributed by atoms with Gasteiger partial charge in [-0.15, -0.1) is 0 Å². The van der Waals surface area contributed by atoms with Crippen LogP contribution in [0.1, 0.15) is 73.4 Å². The number of fused-ring (bicyclic) bond motifs is 2. The van der Waals surface area contributed by atoms with Gasteiger partial charge in [-0.3, -0.25) is 9.97 Å². The Morgan fingerprint density at radius 1 is 0.500 bits per heavy atom. The number of aromatic nitrogens is 2. The molecule has 0 N–H and O–H groups in total. The largest absolute Gasteiger partial charge is 0.423 e. The number of para-hydroxylation sites is 2. The number of hydrogen-bond acceptors (Lipinski definition) is 6. The number of hydrogen-bond donors (Lipinski definition) is 0. The van der Waals surface area contributed by atoms with Crippen molar-refractivity contribution in [2.45, 2.75) is 52.4 Å². The van der Waals surface area contributed by atoms with Crippen LogP contribution in [-0.4, -0.2) is 21.9 Å². The zero-order chi connectivity index (χ0) is 32.6. The fourth-order valence-electron chi connectivity index (χ4n) is 5.49. The molecule has 0 fully saturated rings. The highest BCUT2D eigenvalue weighted by Crippen LogP contribution is 2.36. The Bertz CT molecular complexity index is 1930. The minimum Gasteiger partial charge on any atom is -0.423 e. The van der Waals surface area contributed by atoms with Gasteiger partial charge in [0.1, 0.15) is 11.5 Å². The molecule has 0 unspecified atom stereocenters. The lowest BCUT2D eigenvalue weighted by molar-refractivity contribution is 0.0725. The van der Waals surface area contributed by atoms with Crippen molar-refractivity contribution in [2.24, 2.45) is 0 Å². The second kappa shape index (κ2) is 11.9. The molecule has 6 aromatic rings. The van der Waals surface area contributed by atoms with E-state index >= 15 is 0 Å². The molecule has 230 valence electrons. The SMILES string of the molecule is CC(C)(C)c1ccc(OC(=O)c2c(-c3cnc4ccccc4c3C(=O)Oc3ccc(C(C)(C)C)cc3)cnc3ccccc23)cc1. The van der Waals surface area contributed by atoms with Crippen LogP contribution in [0.15, 0.2) is 109 Å². The third kappa shape index (κ3) is 6.11. The van der Waals surface area contributed by atoms with Gasteiger partial charge in [0.25, 0.3) is 0 Å². The summed E-state index contributed by atoms with van der Waals surface area (Å²) in [7, 11) is 0. The van der Waals surface area contributed by atoms with E-state index in [0.29, 0.717) is 44.4 Å². The van der Waals surface area contributed by atoms with Gasteiger partial charge in [-0.2, -0.15) is 0 Å². The van der Waals surface area contributed by atoms with Gasteiger partial charge in [0.05, 0.1) is 22.2 Å². The van der Waals surface area contributed by atoms with Gasteiger partial charge in [-0.25, -0.2) is 9.59 Å². The molecule has 46 heavy (non-hydrogen) atoms. The summed E-state index contributed by atoms with van der Waals surface area (Å²) >= 11 is 0. The number of carbonyl (C=O) groups is 2. The number of ether oxygens (including phenoxy) is 2. The maximum Gasteiger partial charge on any atom is 0.344 e. The second-order valence-corrected chi connectivity index (χ2v) is 13.5. The maximum absolute atomic E-state index is 14.1. The molecule has 0 atom stereocenters. The van der Waals surface area contributed by atoms with Crippen LogP contribution < -0.4 is 9.47 Å². The first-order chi connectivity index (χ1) is 21.9. The zero-order valence-electron chi connectivity index (χ0n) is 26.9. The van der Waals surface area contributed by atoms with E-state index in [1.54, 1.807) is 36.7 Å². The third-order valence-corrected chi connectivity index (χ3v) is 8.11. The van der Waals surface area contributed by atoms with Crippen LogP contribution in [0.4, 0.5) is 0 Å². The molecular formula is C40H36N2O4. The number of pyridine rings is 2. The Morgan fingerprint density at radius 2 is 0.848 bits per heavy atom. The zero-order valence-corrected chi connectivity index (χ0v) is 26.9. The van der Waals surface area contributed by atoms with Crippen molar-refractivity contribution in [3.8, 4) is 22.6 Å². The van der Waals surface area contributed by atoms with Crippen LogP contribution in [0.25, 0.3) is 32.9 Å². The Kier molecular flexibility index (Phi) is 7.90. The predicted octanol–water partition coefficient (Wildman–Crippen LogP) is 9.48. The van der Waals surface area contributed by atoms with Crippen molar-refractivity contribution in [1.29, 1.82) is 0 Å². The first kappa shape index (κ1) is 30.7. The number of benzene rings is 4. The van der Waals surface area contributed by atoms with Crippen molar-refractivity contribution in [3.63, 3.8) is 0 Å². The lowest BCUT2D eigenvalue weighted by Crippen LogP contribution is -2.15. The summed E-state index contributed by atoms with van der Waals surface area (Å²) in [6.45, 7) is 12.8. The molecule has 0 aliphatic heterocycles. The standard InChI is InChI=1S/C40H36N2O4/c1-39(2,3)25-15-19-27(20-16-25)45-37(43)35-29-11-7-9-13-33(29)41-23-31(35)32-24-42-34-14-10-8-12-30(34)36(32)38(44)46-28-21-17-26(18-22-28)40(4,5)6/h7-24H,1-6H3. The van der Waals surface area contributed by atoms with E-state index in [2.05, 4.69) is 51.5 Å². The van der Waals surface area contributed by atoms with Crippen molar-refractivity contribution in [1.82, 2.24) is 9.97 Å². The number of rotatable bonds is 5. The minimum atomic E-state index is -0.567. The van der Waals surface area contributed by atoms with E-state index in [1.165, 1.54) is 0 Å².